The Hall–Kier alpha value is -8.10. The molecule has 4 aromatic heterocycles. The van der Waals surface area contributed by atoms with Crippen LogP contribution in [0.1, 0.15) is 54.2 Å². The molecule has 0 bridgehead atoms. The number of imidazole rings is 2. The van der Waals surface area contributed by atoms with Crippen molar-refractivity contribution in [3.8, 4) is 34.1 Å². The number of fused-ring (bicyclic) bond motifs is 4. The standard InChI is InChI=1S/C26H24FN5O3.C21H19BrFN5O3.C7H9BO3.C3H7ClO/c1-16-12-17(34-11-10-33-3)4-5-18(16)21-14-30-26(32-15-24(28-2)31-25(21)32)29-13-20-19-8-9-35-23(19)7-6-22(20)27;1-21(2,3)31-20(29)28(10-13-12-7-8-30-16(12)6-5-15(13)23)19-25-9-14(22)18-26-17(24-4)11-27(18)19;1-5-4-6(9)2-3-7(5)8(10)11;1-5-3-2-4/h4-7,12,14-15H,8-11,13H2,1,3H3,(H,29,30);5-6,9,11H,7-8,10H2,1-3H3;2-4,9-11H,1H3;2-3H2,1H3. The lowest BCUT2D eigenvalue weighted by Gasteiger charge is -2.27. The lowest BCUT2D eigenvalue weighted by atomic mass is 9.77. The molecule has 8 aromatic rings. The molecule has 0 atom stereocenters. The highest BCUT2D eigenvalue weighted by atomic mass is 79.9. The van der Waals surface area contributed by atoms with Gasteiger partial charge in [-0.1, -0.05) is 35.2 Å². The number of aromatic hydroxyl groups is 1. The van der Waals surface area contributed by atoms with E-state index in [1.54, 1.807) is 70.8 Å². The second-order valence-corrected chi connectivity index (χ2v) is 20.5. The van der Waals surface area contributed by atoms with Crippen LogP contribution in [0.2, 0.25) is 0 Å². The van der Waals surface area contributed by atoms with E-state index in [4.69, 9.17) is 63.6 Å². The maximum atomic E-state index is 14.8. The Bertz CT molecular complexity index is 3660. The number of carbonyl (C=O) groups is 1. The van der Waals surface area contributed by atoms with Gasteiger partial charge in [-0.2, -0.15) is 0 Å². The molecule has 2 aliphatic rings. The summed E-state index contributed by atoms with van der Waals surface area (Å²) in [6, 6.07) is 16.2. The number of alkyl halides is 1. The Morgan fingerprint density at radius 2 is 1.46 bits per heavy atom. The number of aromatic nitrogens is 6. The predicted molar refractivity (Wildman–Crippen MR) is 310 cm³/mol. The van der Waals surface area contributed by atoms with Crippen molar-refractivity contribution < 1.29 is 57.2 Å². The number of nitrogens with one attached hydrogen (secondary N) is 1. The minimum absolute atomic E-state index is 0.122. The smallest absolute Gasteiger partial charge is 0.488 e. The number of aryl methyl sites for hydroxylation is 2. The maximum Gasteiger partial charge on any atom is 0.488 e. The number of phenols is 1. The molecule has 82 heavy (non-hydrogen) atoms. The van der Waals surface area contributed by atoms with Crippen molar-refractivity contribution in [3.63, 3.8) is 0 Å². The van der Waals surface area contributed by atoms with Gasteiger partial charge in [0.05, 0.1) is 44.7 Å². The van der Waals surface area contributed by atoms with Crippen LogP contribution in [0.4, 0.5) is 37.1 Å². The molecule has 20 nitrogen and oxygen atoms in total. The van der Waals surface area contributed by atoms with Gasteiger partial charge in [0.25, 0.3) is 11.6 Å². The summed E-state index contributed by atoms with van der Waals surface area (Å²) in [5.74, 6) is 3.08. The molecule has 0 aliphatic carbocycles. The van der Waals surface area contributed by atoms with Crippen LogP contribution in [0.15, 0.2) is 89.9 Å². The van der Waals surface area contributed by atoms with Crippen molar-refractivity contribution in [3.05, 3.63) is 158 Å². The summed E-state index contributed by atoms with van der Waals surface area (Å²) in [5.41, 5.74) is 6.50. The first-order valence-electron chi connectivity index (χ1n) is 25.5. The molecule has 6 heterocycles. The van der Waals surface area contributed by atoms with Crippen LogP contribution in [0.3, 0.4) is 0 Å². The third-order valence-corrected chi connectivity index (χ3v) is 13.2. The molecule has 4 N–H and O–H groups in total. The number of amides is 1. The van der Waals surface area contributed by atoms with E-state index in [2.05, 4.69) is 55.6 Å². The largest absolute Gasteiger partial charge is 0.508 e. The topological polar surface area (TPSA) is 218 Å². The zero-order valence-electron chi connectivity index (χ0n) is 46.0. The van der Waals surface area contributed by atoms with E-state index in [-0.39, 0.29) is 42.2 Å². The first-order valence-corrected chi connectivity index (χ1v) is 26.8. The van der Waals surface area contributed by atoms with Crippen molar-refractivity contribution >= 4 is 81.0 Å². The monoisotopic (exact) mass is 1210 g/mol. The van der Waals surface area contributed by atoms with E-state index in [0.717, 1.165) is 39.3 Å². The lowest BCUT2D eigenvalue weighted by Crippen LogP contribution is -2.38. The van der Waals surface area contributed by atoms with Crippen molar-refractivity contribution in [2.24, 2.45) is 0 Å². The molecule has 0 saturated carbocycles. The van der Waals surface area contributed by atoms with E-state index < -0.39 is 24.6 Å². The fourth-order valence-corrected chi connectivity index (χ4v) is 9.20. The van der Waals surface area contributed by atoms with Crippen molar-refractivity contribution in [2.45, 2.75) is 66.2 Å². The zero-order valence-corrected chi connectivity index (χ0v) is 48.3. The van der Waals surface area contributed by atoms with Crippen molar-refractivity contribution in [2.75, 3.05) is 63.4 Å². The number of nitrogens with zero attached hydrogens (tertiary/aromatic N) is 9. The molecule has 10 rings (SSSR count). The number of hydrogen-bond donors (Lipinski definition) is 4. The highest BCUT2D eigenvalue weighted by Crippen LogP contribution is 2.36. The van der Waals surface area contributed by atoms with Crippen LogP contribution in [0.25, 0.3) is 32.1 Å². The number of ether oxygens (including phenoxy) is 6. The van der Waals surface area contributed by atoms with E-state index in [1.165, 1.54) is 52.0 Å². The average molecular weight is 1210 g/mol. The Labute approximate surface area is 486 Å². The van der Waals surface area contributed by atoms with Gasteiger partial charge in [0, 0.05) is 80.3 Å². The molecule has 428 valence electrons. The van der Waals surface area contributed by atoms with Crippen molar-refractivity contribution in [1.29, 1.82) is 0 Å². The van der Waals surface area contributed by atoms with Gasteiger partial charge in [-0.15, -0.1) is 11.6 Å². The number of halogens is 4. The Kier molecular flexibility index (Phi) is 21.1. The maximum absolute atomic E-state index is 14.8. The highest BCUT2D eigenvalue weighted by Gasteiger charge is 2.31. The Balaban J connectivity index is 0.000000187. The number of rotatable bonds is 14. The number of carbonyl (C=O) groups excluding carboxylic acids is 1. The summed E-state index contributed by atoms with van der Waals surface area (Å²) in [6.07, 6.45) is 6.83. The fraction of sp³-hybridized carbons (Fsp3) is 0.316. The van der Waals surface area contributed by atoms with E-state index in [9.17, 15) is 13.6 Å². The van der Waals surface area contributed by atoms with E-state index in [0.29, 0.717) is 101 Å². The summed E-state index contributed by atoms with van der Waals surface area (Å²) >= 11 is 8.54. The summed E-state index contributed by atoms with van der Waals surface area (Å²) < 4.78 is 65.2. The lowest BCUT2D eigenvalue weighted by molar-refractivity contribution is 0.0574. The Morgan fingerprint density at radius 1 is 0.829 bits per heavy atom. The molecule has 0 radical (unpaired) electrons. The first-order chi connectivity index (χ1) is 39.3. The van der Waals surface area contributed by atoms with Crippen LogP contribution < -0.4 is 29.9 Å². The second-order valence-electron chi connectivity index (χ2n) is 19.2. The van der Waals surface area contributed by atoms with Gasteiger partial charge in [0.2, 0.25) is 23.2 Å². The predicted octanol–water partition coefficient (Wildman–Crippen LogP) is 10.3. The minimum atomic E-state index is -1.46. The van der Waals surface area contributed by atoms with Crippen LogP contribution in [0, 0.1) is 38.6 Å². The van der Waals surface area contributed by atoms with Crippen LogP contribution in [-0.2, 0) is 40.1 Å². The van der Waals surface area contributed by atoms with Gasteiger partial charge in [0.1, 0.15) is 51.3 Å². The molecule has 2 aliphatic heterocycles. The van der Waals surface area contributed by atoms with Crippen molar-refractivity contribution in [1.82, 2.24) is 28.7 Å². The normalized spacial score (nSPS) is 11.9. The molecular weight excluding hydrogens is 1150 g/mol. The number of anilines is 2. The summed E-state index contributed by atoms with van der Waals surface area (Å²) in [7, 11) is 1.80. The van der Waals surface area contributed by atoms with E-state index >= 15 is 0 Å². The quantitative estimate of drug-likeness (QED) is 0.0345. The molecule has 1 amide bonds. The van der Waals surface area contributed by atoms with E-state index in [1.807, 2.05) is 25.1 Å². The third-order valence-electron chi connectivity index (χ3n) is 12.5. The first kappa shape index (κ1) is 61.5. The number of hydrogen-bond acceptors (Lipinski definition) is 15. The number of phenolic OH excluding ortho intramolecular Hbond substituents is 1. The van der Waals surface area contributed by atoms with Gasteiger partial charge in [0.15, 0.2) is 0 Å². The molecule has 25 heteroatoms. The molecule has 0 saturated heterocycles. The zero-order chi connectivity index (χ0) is 59.3. The molecule has 0 spiro atoms. The average Bonchev–Trinajstić information content (AvgIpc) is 4.08. The van der Waals surface area contributed by atoms with Crippen LogP contribution in [0.5, 0.6) is 23.0 Å². The number of methoxy groups -OCH3 is 2. The van der Waals surface area contributed by atoms with Gasteiger partial charge in [-0.3, -0.25) is 8.80 Å². The van der Waals surface area contributed by atoms with Gasteiger partial charge in [-0.05, 0) is 121 Å². The van der Waals surface area contributed by atoms with Gasteiger partial charge in [-0.25, -0.2) is 28.4 Å². The Morgan fingerprint density at radius 3 is 2.05 bits per heavy atom. The van der Waals surface area contributed by atoms with Gasteiger partial charge < -0.3 is 58.6 Å². The number of benzene rings is 4. The minimum Gasteiger partial charge on any atom is -0.508 e. The van der Waals surface area contributed by atoms with Crippen LogP contribution >= 0.6 is 27.5 Å². The second kappa shape index (κ2) is 28.1. The van der Waals surface area contributed by atoms with Gasteiger partial charge >= 0.3 is 13.2 Å². The molecular formula is C57H59BBrClF2N10O10. The SMILES string of the molecule is COCCCl.Cc1cc(O)ccc1B(O)O.[C-]#[N+]c1cn2c(N(Cc3c(F)ccc4c3CCO4)C(=O)OC(C)(C)C)ncc(Br)c2n1.[C-]#[N+]c1cn2c(NCc3c(F)ccc4c3CCO4)ncc(-c3ccc(OCCOC)cc3C)c2n1. The molecule has 4 aromatic carbocycles. The summed E-state index contributed by atoms with van der Waals surface area (Å²) in [6.45, 7) is 26.4. The summed E-state index contributed by atoms with van der Waals surface area (Å²) in [4.78, 5) is 39.0. The molecule has 0 unspecified atom stereocenters. The third kappa shape index (κ3) is 15.1. The van der Waals surface area contributed by atoms with Crippen LogP contribution in [-0.4, -0.2) is 116 Å². The fourth-order valence-electron chi connectivity index (χ4n) is 8.67. The summed E-state index contributed by atoms with van der Waals surface area (Å²) in [5, 5.41) is 29.7. The molecule has 0 fully saturated rings. The highest BCUT2D eigenvalue weighted by molar-refractivity contribution is 9.10.